The first-order valence-corrected chi connectivity index (χ1v) is 5.85. The van der Waals surface area contributed by atoms with Crippen LogP contribution in [0.5, 0.6) is 5.75 Å². The normalized spacial score (nSPS) is 12.9. The molecule has 0 spiro atoms. The van der Waals surface area contributed by atoms with Gasteiger partial charge in [0.15, 0.2) is 0 Å². The average molecular weight is 221 g/mol. The van der Waals surface area contributed by atoms with Crippen molar-refractivity contribution in [1.82, 2.24) is 0 Å². The Morgan fingerprint density at radius 2 is 1.69 bits per heavy atom. The number of benzene rings is 1. The number of ether oxygens (including phenoxy) is 1. The molecule has 0 aromatic heterocycles. The Labute approximate surface area is 98.8 Å². The van der Waals surface area contributed by atoms with E-state index in [1.165, 1.54) is 16.7 Å². The van der Waals surface area contributed by atoms with E-state index in [2.05, 4.69) is 39.8 Å². The zero-order valence-electron chi connectivity index (χ0n) is 11.0. The van der Waals surface area contributed by atoms with Crippen molar-refractivity contribution >= 4 is 0 Å². The summed E-state index contributed by atoms with van der Waals surface area (Å²) in [7, 11) is 1.70. The molecule has 1 aromatic carbocycles. The van der Waals surface area contributed by atoms with Crippen molar-refractivity contribution < 1.29 is 4.74 Å². The molecule has 0 fully saturated rings. The van der Waals surface area contributed by atoms with Gasteiger partial charge in [-0.2, -0.15) is 0 Å². The zero-order chi connectivity index (χ0) is 12.3. The first-order valence-electron chi connectivity index (χ1n) is 5.85. The predicted octanol–water partition coefficient (Wildman–Crippen LogP) is 2.84. The highest BCUT2D eigenvalue weighted by molar-refractivity contribution is 5.41. The van der Waals surface area contributed by atoms with Crippen molar-refractivity contribution in [2.45, 2.75) is 40.2 Å². The quantitative estimate of drug-likeness (QED) is 0.848. The molecule has 1 atom stereocenters. The van der Waals surface area contributed by atoms with Crippen LogP contribution >= 0.6 is 0 Å². The van der Waals surface area contributed by atoms with Crippen molar-refractivity contribution in [2.75, 3.05) is 7.11 Å². The Kier molecular flexibility index (Phi) is 4.36. The van der Waals surface area contributed by atoms with E-state index in [-0.39, 0.29) is 6.04 Å². The van der Waals surface area contributed by atoms with Crippen LogP contribution in [0.1, 0.15) is 30.5 Å². The van der Waals surface area contributed by atoms with E-state index < -0.39 is 0 Å². The topological polar surface area (TPSA) is 35.2 Å². The number of rotatable bonds is 4. The SMILES string of the molecule is COc1cc(C)c(CC(N)C(C)C)c(C)c1. The van der Waals surface area contributed by atoms with Crippen molar-refractivity contribution in [3.8, 4) is 5.75 Å². The van der Waals surface area contributed by atoms with E-state index in [4.69, 9.17) is 10.5 Å². The van der Waals surface area contributed by atoms with Crippen LogP contribution < -0.4 is 10.5 Å². The molecule has 1 rings (SSSR count). The maximum absolute atomic E-state index is 6.13. The van der Waals surface area contributed by atoms with Gasteiger partial charge in [0.2, 0.25) is 0 Å². The summed E-state index contributed by atoms with van der Waals surface area (Å²) in [5.41, 5.74) is 10.0. The van der Waals surface area contributed by atoms with Crippen LogP contribution in [-0.4, -0.2) is 13.2 Å². The lowest BCUT2D eigenvalue weighted by Crippen LogP contribution is -2.29. The molecule has 0 aliphatic rings. The lowest BCUT2D eigenvalue weighted by Gasteiger charge is -2.19. The number of methoxy groups -OCH3 is 1. The van der Waals surface area contributed by atoms with Crippen LogP contribution in [0.2, 0.25) is 0 Å². The summed E-state index contributed by atoms with van der Waals surface area (Å²) in [6.45, 7) is 8.58. The largest absolute Gasteiger partial charge is 0.497 e. The van der Waals surface area contributed by atoms with Crippen molar-refractivity contribution in [3.63, 3.8) is 0 Å². The molecule has 0 saturated carbocycles. The second-order valence-electron chi connectivity index (χ2n) is 4.85. The third-order valence-corrected chi connectivity index (χ3v) is 3.20. The molecule has 0 amide bonds. The lowest BCUT2D eigenvalue weighted by atomic mass is 9.92. The van der Waals surface area contributed by atoms with Crippen LogP contribution in [0, 0.1) is 19.8 Å². The fraction of sp³-hybridized carbons (Fsp3) is 0.571. The van der Waals surface area contributed by atoms with Crippen LogP contribution in [0.15, 0.2) is 12.1 Å². The molecular formula is C14H23NO. The van der Waals surface area contributed by atoms with Crippen LogP contribution in [0.25, 0.3) is 0 Å². The number of hydrogen-bond acceptors (Lipinski definition) is 2. The summed E-state index contributed by atoms with van der Waals surface area (Å²) in [6, 6.07) is 4.39. The number of hydrogen-bond donors (Lipinski definition) is 1. The van der Waals surface area contributed by atoms with Gasteiger partial charge >= 0.3 is 0 Å². The fourth-order valence-corrected chi connectivity index (χ4v) is 1.86. The van der Waals surface area contributed by atoms with Gasteiger partial charge in [-0.25, -0.2) is 0 Å². The highest BCUT2D eigenvalue weighted by Crippen LogP contribution is 2.23. The van der Waals surface area contributed by atoms with Gasteiger partial charge in [-0.3, -0.25) is 0 Å². The van der Waals surface area contributed by atoms with Gasteiger partial charge in [0.05, 0.1) is 7.11 Å². The van der Waals surface area contributed by atoms with Gasteiger partial charge in [-0.05, 0) is 55.0 Å². The molecule has 1 unspecified atom stereocenters. The van der Waals surface area contributed by atoms with Crippen molar-refractivity contribution in [2.24, 2.45) is 11.7 Å². The van der Waals surface area contributed by atoms with Crippen LogP contribution in [0.3, 0.4) is 0 Å². The maximum Gasteiger partial charge on any atom is 0.119 e. The predicted molar refractivity (Wildman–Crippen MR) is 69.0 cm³/mol. The zero-order valence-corrected chi connectivity index (χ0v) is 11.0. The smallest absolute Gasteiger partial charge is 0.119 e. The van der Waals surface area contributed by atoms with Crippen LogP contribution in [0.4, 0.5) is 0 Å². The van der Waals surface area contributed by atoms with Crippen molar-refractivity contribution in [1.29, 1.82) is 0 Å². The maximum atomic E-state index is 6.13. The molecule has 2 N–H and O–H groups in total. The Hall–Kier alpha value is -1.02. The van der Waals surface area contributed by atoms with Gasteiger partial charge in [0.1, 0.15) is 5.75 Å². The first kappa shape index (κ1) is 13.0. The van der Waals surface area contributed by atoms with Gasteiger partial charge in [-0.15, -0.1) is 0 Å². The van der Waals surface area contributed by atoms with E-state index in [9.17, 15) is 0 Å². The van der Waals surface area contributed by atoms with Gasteiger partial charge in [0.25, 0.3) is 0 Å². The van der Waals surface area contributed by atoms with Gasteiger partial charge < -0.3 is 10.5 Å². The van der Waals surface area contributed by atoms with E-state index in [1.807, 2.05) is 0 Å². The molecule has 2 nitrogen and oxygen atoms in total. The molecule has 0 heterocycles. The molecule has 0 radical (unpaired) electrons. The van der Waals surface area contributed by atoms with E-state index in [0.717, 1.165) is 12.2 Å². The molecule has 90 valence electrons. The monoisotopic (exact) mass is 221 g/mol. The Balaban J connectivity index is 2.96. The minimum Gasteiger partial charge on any atom is -0.497 e. The van der Waals surface area contributed by atoms with Gasteiger partial charge in [0, 0.05) is 6.04 Å². The third-order valence-electron chi connectivity index (χ3n) is 3.20. The molecule has 0 aliphatic carbocycles. The second-order valence-corrected chi connectivity index (χ2v) is 4.85. The van der Waals surface area contributed by atoms with Gasteiger partial charge in [-0.1, -0.05) is 13.8 Å². The molecule has 1 aromatic rings. The van der Waals surface area contributed by atoms with E-state index in [1.54, 1.807) is 7.11 Å². The number of nitrogens with two attached hydrogens (primary N) is 1. The summed E-state index contributed by atoms with van der Waals surface area (Å²) in [5, 5.41) is 0. The third kappa shape index (κ3) is 2.99. The standard InChI is InChI=1S/C14H23NO/c1-9(2)14(15)8-13-10(3)6-12(16-5)7-11(13)4/h6-7,9,14H,8,15H2,1-5H3. The summed E-state index contributed by atoms with van der Waals surface area (Å²) >= 11 is 0. The summed E-state index contributed by atoms with van der Waals surface area (Å²) in [5.74, 6) is 1.44. The highest BCUT2D eigenvalue weighted by Gasteiger charge is 2.12. The molecule has 0 saturated heterocycles. The Morgan fingerprint density at radius 3 is 2.06 bits per heavy atom. The summed E-state index contributed by atoms with van der Waals surface area (Å²) < 4.78 is 5.25. The summed E-state index contributed by atoms with van der Waals surface area (Å²) in [6.07, 6.45) is 0.944. The minimum atomic E-state index is 0.228. The van der Waals surface area contributed by atoms with Crippen LogP contribution in [-0.2, 0) is 6.42 Å². The average Bonchev–Trinajstić information content (AvgIpc) is 2.22. The summed E-state index contributed by atoms with van der Waals surface area (Å²) in [4.78, 5) is 0. The highest BCUT2D eigenvalue weighted by atomic mass is 16.5. The van der Waals surface area contributed by atoms with E-state index >= 15 is 0 Å². The molecular weight excluding hydrogens is 198 g/mol. The molecule has 0 bridgehead atoms. The lowest BCUT2D eigenvalue weighted by molar-refractivity contribution is 0.413. The first-order chi connectivity index (χ1) is 7.45. The second kappa shape index (κ2) is 5.35. The van der Waals surface area contributed by atoms with Crippen molar-refractivity contribution in [3.05, 3.63) is 28.8 Å². The minimum absolute atomic E-state index is 0.228. The molecule has 2 heteroatoms. The fourth-order valence-electron chi connectivity index (χ4n) is 1.86. The Morgan fingerprint density at radius 1 is 1.19 bits per heavy atom. The molecule has 0 aliphatic heterocycles. The molecule has 16 heavy (non-hydrogen) atoms. The Bertz CT molecular complexity index is 335. The number of aryl methyl sites for hydroxylation is 2. The van der Waals surface area contributed by atoms with E-state index in [0.29, 0.717) is 5.92 Å².